The van der Waals surface area contributed by atoms with E-state index in [-0.39, 0.29) is 0 Å². The number of nitrogens with one attached hydrogen (secondary N) is 1. The molecule has 2 atom stereocenters. The lowest BCUT2D eigenvalue weighted by Crippen LogP contribution is -2.48. The van der Waals surface area contributed by atoms with E-state index < -0.39 is 0 Å². The summed E-state index contributed by atoms with van der Waals surface area (Å²) in [4.78, 5) is 7.17. The maximum absolute atomic E-state index is 4.56. The van der Waals surface area contributed by atoms with E-state index in [9.17, 15) is 0 Å². The fourth-order valence-electron chi connectivity index (χ4n) is 3.62. The number of hydrogen-bond acceptors (Lipinski definition) is 3. The molecule has 3 nitrogen and oxygen atoms in total. The van der Waals surface area contributed by atoms with Crippen molar-refractivity contribution in [2.75, 3.05) is 6.54 Å². The van der Waals surface area contributed by atoms with Crippen LogP contribution in [0.2, 0.25) is 0 Å². The molecule has 2 bridgehead atoms. The molecule has 104 valence electrons. The van der Waals surface area contributed by atoms with Gasteiger partial charge in [-0.3, -0.25) is 9.88 Å². The summed E-state index contributed by atoms with van der Waals surface area (Å²) in [7, 11) is 0. The summed E-state index contributed by atoms with van der Waals surface area (Å²) in [5, 5.41) is 3.73. The number of piperidine rings is 1. The molecule has 2 aliphatic heterocycles. The number of rotatable bonds is 4. The van der Waals surface area contributed by atoms with Crippen LogP contribution in [0.15, 0.2) is 18.3 Å². The Morgan fingerprint density at radius 2 is 2.00 bits per heavy atom. The fourth-order valence-corrected chi connectivity index (χ4v) is 3.62. The highest BCUT2D eigenvalue weighted by Gasteiger charge is 2.35. The van der Waals surface area contributed by atoms with Gasteiger partial charge >= 0.3 is 0 Å². The first-order valence-electron chi connectivity index (χ1n) is 7.66. The predicted octanol–water partition coefficient (Wildman–Crippen LogP) is 2.49. The molecule has 0 radical (unpaired) electrons. The van der Waals surface area contributed by atoms with Gasteiger partial charge in [-0.1, -0.05) is 13.0 Å². The van der Waals surface area contributed by atoms with Crippen LogP contribution in [0.1, 0.15) is 43.9 Å². The van der Waals surface area contributed by atoms with Crippen LogP contribution in [0.3, 0.4) is 0 Å². The molecule has 3 rings (SSSR count). The van der Waals surface area contributed by atoms with Crippen LogP contribution in [0.5, 0.6) is 0 Å². The van der Waals surface area contributed by atoms with E-state index in [1.54, 1.807) is 0 Å². The van der Waals surface area contributed by atoms with Gasteiger partial charge in [0.2, 0.25) is 0 Å². The third-order valence-electron chi connectivity index (χ3n) is 4.71. The standard InChI is InChI=1S/C16H25N3/c1-3-19(11-15-5-4-12(2)10-17-15)16-8-13-6-7-14(9-16)18-13/h4-5,10,13-14,16,18H,3,6-9,11H2,1-2H3. The van der Waals surface area contributed by atoms with Crippen molar-refractivity contribution in [3.8, 4) is 0 Å². The highest BCUT2D eigenvalue weighted by atomic mass is 15.2. The van der Waals surface area contributed by atoms with Gasteiger partial charge in [0.05, 0.1) is 5.69 Å². The van der Waals surface area contributed by atoms with E-state index in [0.29, 0.717) is 0 Å². The molecule has 1 N–H and O–H groups in total. The first-order valence-corrected chi connectivity index (χ1v) is 7.66. The molecule has 3 heteroatoms. The topological polar surface area (TPSA) is 28.2 Å². The highest BCUT2D eigenvalue weighted by Crippen LogP contribution is 2.30. The zero-order valence-electron chi connectivity index (χ0n) is 12.1. The van der Waals surface area contributed by atoms with Crippen LogP contribution < -0.4 is 5.32 Å². The number of aryl methyl sites for hydroxylation is 1. The number of fused-ring (bicyclic) bond motifs is 2. The van der Waals surface area contributed by atoms with Gasteiger partial charge in [-0.25, -0.2) is 0 Å². The van der Waals surface area contributed by atoms with E-state index in [1.807, 2.05) is 6.20 Å². The lowest BCUT2D eigenvalue weighted by Gasteiger charge is -2.37. The lowest BCUT2D eigenvalue weighted by molar-refractivity contribution is 0.139. The predicted molar refractivity (Wildman–Crippen MR) is 78.0 cm³/mol. The summed E-state index contributed by atoms with van der Waals surface area (Å²) in [6, 6.07) is 6.62. The lowest BCUT2D eigenvalue weighted by atomic mass is 9.98. The number of hydrogen-bond donors (Lipinski definition) is 1. The fraction of sp³-hybridized carbons (Fsp3) is 0.688. The van der Waals surface area contributed by atoms with Crippen molar-refractivity contribution >= 4 is 0 Å². The quantitative estimate of drug-likeness (QED) is 0.900. The Labute approximate surface area is 116 Å². The Morgan fingerprint density at radius 1 is 1.26 bits per heavy atom. The maximum atomic E-state index is 4.56. The average molecular weight is 259 g/mol. The summed E-state index contributed by atoms with van der Waals surface area (Å²) in [5.74, 6) is 0. The molecule has 1 aromatic heterocycles. The highest BCUT2D eigenvalue weighted by molar-refractivity contribution is 5.12. The first kappa shape index (κ1) is 13.1. The number of nitrogens with zero attached hydrogens (tertiary/aromatic N) is 2. The molecular weight excluding hydrogens is 234 g/mol. The first-order chi connectivity index (χ1) is 9.24. The van der Waals surface area contributed by atoms with Crippen molar-refractivity contribution in [2.45, 2.75) is 64.2 Å². The second kappa shape index (κ2) is 5.59. The van der Waals surface area contributed by atoms with Crippen molar-refractivity contribution in [1.29, 1.82) is 0 Å². The van der Waals surface area contributed by atoms with Gasteiger partial charge in [0.25, 0.3) is 0 Å². The molecule has 19 heavy (non-hydrogen) atoms. The third-order valence-corrected chi connectivity index (χ3v) is 4.71. The van der Waals surface area contributed by atoms with Gasteiger partial charge in [0.1, 0.15) is 0 Å². The third kappa shape index (κ3) is 2.98. The molecular formula is C16H25N3. The second-order valence-electron chi connectivity index (χ2n) is 6.15. The summed E-state index contributed by atoms with van der Waals surface area (Å²) in [5.41, 5.74) is 2.45. The van der Waals surface area contributed by atoms with Crippen LogP contribution in [0.4, 0.5) is 0 Å². The molecule has 2 fully saturated rings. The minimum atomic E-state index is 0.742. The zero-order valence-corrected chi connectivity index (χ0v) is 12.1. The second-order valence-corrected chi connectivity index (χ2v) is 6.15. The summed E-state index contributed by atoms with van der Waals surface area (Å²) < 4.78 is 0. The van der Waals surface area contributed by atoms with Crippen LogP contribution in [-0.2, 0) is 6.54 Å². The molecule has 1 aromatic rings. The van der Waals surface area contributed by atoms with Crippen molar-refractivity contribution in [3.05, 3.63) is 29.6 Å². The molecule has 0 saturated carbocycles. The Bertz CT molecular complexity index is 403. The monoisotopic (exact) mass is 259 g/mol. The molecule has 2 saturated heterocycles. The number of pyridine rings is 1. The summed E-state index contributed by atoms with van der Waals surface area (Å²) >= 11 is 0. The molecule has 0 aromatic carbocycles. The summed E-state index contributed by atoms with van der Waals surface area (Å²) in [6.45, 7) is 6.50. The van der Waals surface area contributed by atoms with E-state index in [1.165, 1.54) is 36.9 Å². The molecule has 3 heterocycles. The Kier molecular flexibility index (Phi) is 3.85. The van der Waals surface area contributed by atoms with Gasteiger partial charge in [-0.2, -0.15) is 0 Å². The van der Waals surface area contributed by atoms with Crippen LogP contribution >= 0.6 is 0 Å². The van der Waals surface area contributed by atoms with Gasteiger partial charge in [-0.05, 0) is 50.8 Å². The zero-order chi connectivity index (χ0) is 13.2. The van der Waals surface area contributed by atoms with E-state index in [2.05, 4.69) is 41.2 Å². The van der Waals surface area contributed by atoms with Crippen LogP contribution in [-0.4, -0.2) is 34.6 Å². The van der Waals surface area contributed by atoms with E-state index in [4.69, 9.17) is 0 Å². The summed E-state index contributed by atoms with van der Waals surface area (Å²) in [6.07, 6.45) is 7.37. The molecule has 0 amide bonds. The van der Waals surface area contributed by atoms with Crippen LogP contribution in [0, 0.1) is 6.92 Å². The molecule has 2 unspecified atom stereocenters. The van der Waals surface area contributed by atoms with Gasteiger partial charge in [0, 0.05) is 30.9 Å². The van der Waals surface area contributed by atoms with Crippen molar-refractivity contribution < 1.29 is 0 Å². The Hall–Kier alpha value is -0.930. The molecule has 0 aliphatic carbocycles. The minimum absolute atomic E-state index is 0.742. The van der Waals surface area contributed by atoms with Crippen molar-refractivity contribution in [3.63, 3.8) is 0 Å². The van der Waals surface area contributed by atoms with E-state index in [0.717, 1.165) is 31.2 Å². The smallest absolute Gasteiger partial charge is 0.0544 e. The van der Waals surface area contributed by atoms with Gasteiger partial charge in [0.15, 0.2) is 0 Å². The number of aromatic nitrogens is 1. The average Bonchev–Trinajstić information content (AvgIpc) is 2.77. The minimum Gasteiger partial charge on any atom is -0.311 e. The van der Waals surface area contributed by atoms with Crippen molar-refractivity contribution in [1.82, 2.24) is 15.2 Å². The Morgan fingerprint density at radius 3 is 2.58 bits per heavy atom. The normalized spacial score (nSPS) is 29.9. The van der Waals surface area contributed by atoms with Crippen LogP contribution in [0.25, 0.3) is 0 Å². The molecule has 2 aliphatic rings. The molecule has 0 spiro atoms. The van der Waals surface area contributed by atoms with E-state index >= 15 is 0 Å². The Balaban J connectivity index is 1.65. The van der Waals surface area contributed by atoms with Gasteiger partial charge < -0.3 is 5.32 Å². The SMILES string of the molecule is CCN(Cc1ccc(C)cn1)C1CC2CCC(C1)N2. The largest absolute Gasteiger partial charge is 0.311 e. The van der Waals surface area contributed by atoms with Gasteiger partial charge in [-0.15, -0.1) is 0 Å². The van der Waals surface area contributed by atoms with Crippen molar-refractivity contribution in [2.24, 2.45) is 0 Å². The maximum Gasteiger partial charge on any atom is 0.0544 e.